The van der Waals surface area contributed by atoms with Crippen LogP contribution in [0.25, 0.3) is 0 Å². The fraction of sp³-hybridized carbons (Fsp3) is 0.267. The molecule has 1 rings (SSSR count). The summed E-state index contributed by atoms with van der Waals surface area (Å²) in [5.41, 5.74) is 0.104. The van der Waals surface area contributed by atoms with Crippen molar-refractivity contribution in [2.24, 2.45) is 5.92 Å². The third-order valence-electron chi connectivity index (χ3n) is 2.88. The zero-order chi connectivity index (χ0) is 17.6. The molecule has 0 aliphatic rings. The maximum absolute atomic E-state index is 12.0. The van der Waals surface area contributed by atoms with Crippen molar-refractivity contribution in [3.05, 3.63) is 40.0 Å². The number of carbonyl (C=O) groups is 2. The number of carbonyl (C=O) groups excluding carboxylic acids is 1. The van der Waals surface area contributed by atoms with Gasteiger partial charge in [-0.1, -0.05) is 37.0 Å². The number of anilines is 1. The smallest absolute Gasteiger partial charge is 0.326 e. The molecule has 6 nitrogen and oxygen atoms in total. The lowest BCUT2D eigenvalue weighted by molar-refractivity contribution is -0.140. The molecule has 1 aromatic rings. The highest BCUT2D eigenvalue weighted by atomic mass is 35.5. The van der Waals surface area contributed by atoms with Gasteiger partial charge in [0, 0.05) is 11.9 Å². The van der Waals surface area contributed by atoms with Gasteiger partial charge in [0.05, 0.1) is 10.0 Å². The standard InChI is InChI=1S/C15H15Cl2N3O3/c1-8(2)13(15(22)23)19-7-9(6-18)14(21)20-10-3-4-11(16)12(17)5-10/h3-5,7-8,13,19H,1-2H3,(H,20,21)(H,22,23)/b9-7-. The van der Waals surface area contributed by atoms with Crippen molar-refractivity contribution in [3.63, 3.8) is 0 Å². The maximum atomic E-state index is 12.0. The average Bonchev–Trinajstić information content (AvgIpc) is 2.46. The second kappa shape index (κ2) is 8.42. The van der Waals surface area contributed by atoms with Gasteiger partial charge in [-0.25, -0.2) is 4.79 Å². The molecule has 0 spiro atoms. The molecule has 0 saturated carbocycles. The first-order valence-corrected chi connectivity index (χ1v) is 7.37. The number of carboxylic acid groups (broad SMARTS) is 1. The molecule has 0 aromatic heterocycles. The molecule has 3 N–H and O–H groups in total. The Morgan fingerprint density at radius 1 is 1.30 bits per heavy atom. The minimum Gasteiger partial charge on any atom is -0.480 e. The Balaban J connectivity index is 2.86. The molecule has 0 bridgehead atoms. The average molecular weight is 356 g/mol. The van der Waals surface area contributed by atoms with Crippen LogP contribution in [0.15, 0.2) is 30.0 Å². The molecular weight excluding hydrogens is 341 g/mol. The minimum absolute atomic E-state index is 0.221. The van der Waals surface area contributed by atoms with E-state index >= 15 is 0 Å². The van der Waals surface area contributed by atoms with E-state index in [9.17, 15) is 9.59 Å². The van der Waals surface area contributed by atoms with E-state index in [2.05, 4.69) is 10.6 Å². The van der Waals surface area contributed by atoms with Gasteiger partial charge in [0.1, 0.15) is 17.7 Å². The summed E-state index contributed by atoms with van der Waals surface area (Å²) in [5, 5.41) is 23.8. The van der Waals surface area contributed by atoms with Gasteiger partial charge in [0.25, 0.3) is 5.91 Å². The highest BCUT2D eigenvalue weighted by molar-refractivity contribution is 6.42. The number of aliphatic carboxylic acids is 1. The number of hydrogen-bond acceptors (Lipinski definition) is 4. The van der Waals surface area contributed by atoms with Crippen molar-refractivity contribution in [2.75, 3.05) is 5.32 Å². The summed E-state index contributed by atoms with van der Waals surface area (Å²) in [7, 11) is 0. The molecule has 23 heavy (non-hydrogen) atoms. The number of hydrogen-bond donors (Lipinski definition) is 3. The van der Waals surface area contributed by atoms with E-state index in [1.165, 1.54) is 18.2 Å². The first kappa shape index (κ1) is 18.8. The minimum atomic E-state index is -1.07. The van der Waals surface area contributed by atoms with E-state index in [1.807, 2.05) is 0 Å². The number of rotatable bonds is 6. The summed E-state index contributed by atoms with van der Waals surface area (Å²) in [6.45, 7) is 3.42. The zero-order valence-corrected chi connectivity index (χ0v) is 13.9. The lowest BCUT2D eigenvalue weighted by Crippen LogP contribution is -2.38. The fourth-order valence-electron chi connectivity index (χ4n) is 1.64. The summed E-state index contributed by atoms with van der Waals surface area (Å²) >= 11 is 11.6. The van der Waals surface area contributed by atoms with E-state index in [-0.39, 0.29) is 16.5 Å². The lowest BCUT2D eigenvalue weighted by Gasteiger charge is -2.16. The van der Waals surface area contributed by atoms with Gasteiger partial charge in [-0.15, -0.1) is 0 Å². The number of nitriles is 1. The van der Waals surface area contributed by atoms with Crippen molar-refractivity contribution in [1.29, 1.82) is 5.26 Å². The number of benzene rings is 1. The van der Waals surface area contributed by atoms with Crippen LogP contribution in [-0.2, 0) is 9.59 Å². The molecule has 0 saturated heterocycles. The van der Waals surface area contributed by atoms with Crippen LogP contribution in [0, 0.1) is 17.2 Å². The van der Waals surface area contributed by atoms with Crippen molar-refractivity contribution >= 4 is 40.8 Å². The summed E-state index contributed by atoms with van der Waals surface area (Å²) in [5.74, 6) is -1.98. The molecule has 1 unspecified atom stereocenters. The second-order valence-corrected chi connectivity index (χ2v) is 5.79. The first-order valence-electron chi connectivity index (χ1n) is 6.61. The molecule has 122 valence electrons. The Morgan fingerprint density at radius 3 is 2.43 bits per heavy atom. The fourth-order valence-corrected chi connectivity index (χ4v) is 1.94. The van der Waals surface area contributed by atoms with Crippen LogP contribution >= 0.6 is 23.2 Å². The Hall–Kier alpha value is -2.23. The number of halogens is 2. The van der Waals surface area contributed by atoms with Gasteiger partial charge in [-0.3, -0.25) is 4.79 Å². The van der Waals surface area contributed by atoms with E-state index in [4.69, 9.17) is 33.6 Å². The molecule has 0 heterocycles. The van der Waals surface area contributed by atoms with Gasteiger partial charge in [-0.05, 0) is 24.1 Å². The van der Waals surface area contributed by atoms with Gasteiger partial charge in [0.15, 0.2) is 0 Å². The Kier molecular flexibility index (Phi) is 6.89. The Bertz CT molecular complexity index is 681. The summed E-state index contributed by atoms with van der Waals surface area (Å²) in [4.78, 5) is 23.1. The lowest BCUT2D eigenvalue weighted by atomic mass is 10.1. The van der Waals surface area contributed by atoms with Crippen LogP contribution in [0.1, 0.15) is 13.8 Å². The van der Waals surface area contributed by atoms with Gasteiger partial charge >= 0.3 is 5.97 Å². The quantitative estimate of drug-likeness (QED) is 0.537. The highest BCUT2D eigenvalue weighted by Crippen LogP contribution is 2.25. The van der Waals surface area contributed by atoms with E-state index < -0.39 is 17.9 Å². The van der Waals surface area contributed by atoms with Crippen LogP contribution in [-0.4, -0.2) is 23.0 Å². The van der Waals surface area contributed by atoms with Gasteiger partial charge in [-0.2, -0.15) is 5.26 Å². The second-order valence-electron chi connectivity index (χ2n) is 4.98. The van der Waals surface area contributed by atoms with Gasteiger partial charge < -0.3 is 15.7 Å². The van der Waals surface area contributed by atoms with Crippen molar-refractivity contribution in [3.8, 4) is 6.07 Å². The molecule has 0 radical (unpaired) electrons. The number of nitrogens with zero attached hydrogens (tertiary/aromatic N) is 1. The predicted octanol–water partition coefficient (Wildman–Crippen LogP) is 3.04. The summed E-state index contributed by atoms with van der Waals surface area (Å²) in [6, 6.07) is 5.29. The molecule has 0 aliphatic heterocycles. The third-order valence-corrected chi connectivity index (χ3v) is 3.62. The first-order chi connectivity index (χ1) is 10.8. The van der Waals surface area contributed by atoms with Crippen molar-refractivity contribution < 1.29 is 14.7 Å². The van der Waals surface area contributed by atoms with Crippen LogP contribution in [0.4, 0.5) is 5.69 Å². The molecule has 1 atom stereocenters. The van der Waals surface area contributed by atoms with E-state index in [0.29, 0.717) is 10.7 Å². The highest BCUT2D eigenvalue weighted by Gasteiger charge is 2.20. The molecule has 8 heteroatoms. The zero-order valence-electron chi connectivity index (χ0n) is 12.4. The van der Waals surface area contributed by atoms with Gasteiger partial charge in [0.2, 0.25) is 0 Å². The molecule has 0 aliphatic carbocycles. The predicted molar refractivity (Wildman–Crippen MR) is 88.2 cm³/mol. The van der Waals surface area contributed by atoms with Crippen LogP contribution in [0.2, 0.25) is 10.0 Å². The Labute approximate surface area is 143 Å². The summed E-state index contributed by atoms with van der Waals surface area (Å²) < 4.78 is 0. The van der Waals surface area contributed by atoms with Crippen LogP contribution in [0.5, 0.6) is 0 Å². The number of carboxylic acids is 1. The number of amides is 1. The van der Waals surface area contributed by atoms with Crippen LogP contribution in [0.3, 0.4) is 0 Å². The van der Waals surface area contributed by atoms with E-state index in [1.54, 1.807) is 19.9 Å². The third kappa shape index (κ3) is 5.47. The normalized spacial score (nSPS) is 12.4. The molecular formula is C15H15Cl2N3O3. The molecule has 0 fully saturated rings. The molecule has 1 aromatic carbocycles. The largest absolute Gasteiger partial charge is 0.480 e. The van der Waals surface area contributed by atoms with Crippen molar-refractivity contribution in [2.45, 2.75) is 19.9 Å². The number of nitrogens with one attached hydrogen (secondary N) is 2. The van der Waals surface area contributed by atoms with E-state index in [0.717, 1.165) is 6.20 Å². The molecule has 1 amide bonds. The SMILES string of the molecule is CC(C)C(N/C=C(/C#N)C(=O)Nc1ccc(Cl)c(Cl)c1)C(=O)O. The topological polar surface area (TPSA) is 102 Å². The van der Waals surface area contributed by atoms with Crippen LogP contribution < -0.4 is 10.6 Å². The Morgan fingerprint density at radius 2 is 1.96 bits per heavy atom. The summed E-state index contributed by atoms with van der Waals surface area (Å²) in [6.07, 6.45) is 1.09. The maximum Gasteiger partial charge on any atom is 0.326 e. The monoisotopic (exact) mass is 355 g/mol. The van der Waals surface area contributed by atoms with Crippen molar-refractivity contribution in [1.82, 2.24) is 5.32 Å².